The fraction of sp³-hybridized carbons (Fsp3) is 1.00. The van der Waals surface area contributed by atoms with E-state index in [1.165, 1.54) is 0 Å². The average Bonchev–Trinajstić information content (AvgIpc) is 3.16. The second-order valence-corrected chi connectivity index (χ2v) is 14.8. The molecule has 0 bridgehead atoms. The molecule has 488 valence electrons. The topological polar surface area (TPSA) is 9.23 Å². The molecule has 0 fully saturated rings. The first kappa shape index (κ1) is 77.2. The number of alkyl halides is 54. The number of hydrogen-bond acceptors (Lipinski definition) is 1. The van der Waals surface area contributed by atoms with Crippen LogP contribution < -0.4 is 0 Å². The van der Waals surface area contributed by atoms with Gasteiger partial charge in [-0.2, -0.15) is 237 Å². The Morgan fingerprint density at radius 3 is 0.309 bits per heavy atom. The van der Waals surface area contributed by atoms with Crippen LogP contribution in [0.25, 0.3) is 0 Å². The molecule has 55 heteroatoms. The molecular formula is C26F54O. The first-order valence-corrected chi connectivity index (χ1v) is 16.6. The van der Waals surface area contributed by atoms with Gasteiger partial charge in [-0.3, -0.25) is 0 Å². The summed E-state index contributed by atoms with van der Waals surface area (Å²) in [6.45, 7) is 0. The Kier molecular flexibility index (Phi) is 17.5. The molecule has 0 saturated carbocycles. The number of ether oxygens (including phenoxy) is 1. The average molecular weight is 1350 g/mol. The third-order valence-electron chi connectivity index (χ3n) is 9.83. The van der Waals surface area contributed by atoms with Crippen LogP contribution in [0.3, 0.4) is 0 Å². The van der Waals surface area contributed by atoms with Gasteiger partial charge < -0.3 is 4.74 Å². The van der Waals surface area contributed by atoms with Crippen LogP contribution in [-0.4, -0.2) is 155 Å². The van der Waals surface area contributed by atoms with Crippen LogP contribution in [0.5, 0.6) is 0 Å². The maximum Gasteiger partial charge on any atom is 0.460 e. The lowest BCUT2D eigenvalue weighted by molar-refractivity contribution is -0.572. The smallest absolute Gasteiger partial charge is 0.332 e. The summed E-state index contributed by atoms with van der Waals surface area (Å²) in [5.74, 6) is -210. The lowest BCUT2D eigenvalue weighted by Crippen LogP contribution is -2.92. The first-order valence-electron chi connectivity index (χ1n) is 16.6. The summed E-state index contributed by atoms with van der Waals surface area (Å²) in [6, 6.07) is 0. The predicted octanol–water partition coefficient (Wildman–Crippen LogP) is 17.3. The molecule has 81 heavy (non-hydrogen) atoms. The van der Waals surface area contributed by atoms with Gasteiger partial charge in [0.15, 0.2) is 0 Å². The van der Waals surface area contributed by atoms with Gasteiger partial charge in [0.2, 0.25) is 0 Å². The molecule has 0 radical (unpaired) electrons. The van der Waals surface area contributed by atoms with Crippen molar-refractivity contribution in [3.8, 4) is 0 Å². The lowest BCUT2D eigenvalue weighted by atomic mass is 9.69. The van der Waals surface area contributed by atoms with Crippen molar-refractivity contribution < 1.29 is 242 Å². The van der Waals surface area contributed by atoms with E-state index in [9.17, 15) is 167 Å². The van der Waals surface area contributed by atoms with E-state index in [1.54, 1.807) is 0 Å². The molecular weight excluding hydrogens is 1350 g/mol. The highest BCUT2D eigenvalue weighted by atomic mass is 19.5. The highest BCUT2D eigenvalue weighted by molar-refractivity contribution is 5.33. The van der Waals surface area contributed by atoms with Gasteiger partial charge in [-0.25, -0.2) is 0 Å². The molecule has 0 aliphatic heterocycles. The van der Waals surface area contributed by atoms with E-state index >= 15 is 70.2 Å². The molecule has 0 N–H and O–H groups in total. The van der Waals surface area contributed by atoms with Crippen molar-refractivity contribution >= 4 is 0 Å². The zero-order valence-electron chi connectivity index (χ0n) is 33.8. The van der Waals surface area contributed by atoms with Crippen LogP contribution in [0, 0.1) is 0 Å². The molecule has 0 rings (SSSR count). The minimum Gasteiger partial charge on any atom is -0.332 e. The van der Waals surface area contributed by atoms with Crippen LogP contribution in [0.4, 0.5) is 237 Å². The molecule has 0 saturated heterocycles. The first-order chi connectivity index (χ1) is 33.7. The largest absolute Gasteiger partial charge is 0.460 e. The van der Waals surface area contributed by atoms with Crippen molar-refractivity contribution in [1.29, 1.82) is 0 Å². The molecule has 0 aromatic rings. The Labute approximate surface area is 398 Å². The number of hydrogen-bond donors (Lipinski definition) is 0. The van der Waals surface area contributed by atoms with E-state index in [4.69, 9.17) is 0 Å². The fourth-order valence-electron chi connectivity index (χ4n) is 5.37. The Bertz CT molecular complexity index is 2090. The van der Waals surface area contributed by atoms with Crippen molar-refractivity contribution in [2.24, 2.45) is 0 Å². The third kappa shape index (κ3) is 8.81. The van der Waals surface area contributed by atoms with Gasteiger partial charge in [-0.1, -0.05) is 0 Å². The van der Waals surface area contributed by atoms with Crippen LogP contribution >= 0.6 is 0 Å². The molecule has 1 nitrogen and oxygen atoms in total. The summed E-state index contributed by atoms with van der Waals surface area (Å²) in [5.41, 5.74) is -27.1. The molecule has 0 aromatic carbocycles. The molecule has 0 aliphatic carbocycles. The minimum absolute atomic E-state index is 0.614. The van der Waals surface area contributed by atoms with Gasteiger partial charge >= 0.3 is 144 Å². The van der Waals surface area contributed by atoms with Crippen LogP contribution in [-0.2, 0) is 4.74 Å². The van der Waals surface area contributed by atoms with E-state index in [0.29, 0.717) is 0 Å². The van der Waals surface area contributed by atoms with E-state index in [1.807, 2.05) is 0 Å². The number of rotatable bonds is 20. The van der Waals surface area contributed by atoms with Gasteiger partial charge in [0.05, 0.1) is 0 Å². The molecule has 0 amide bonds. The summed E-state index contributed by atoms with van der Waals surface area (Å²) in [7, 11) is 0. The Morgan fingerprint density at radius 2 is 0.185 bits per heavy atom. The maximum absolute atomic E-state index is 15.9. The van der Waals surface area contributed by atoms with Gasteiger partial charge in [0.25, 0.3) is 11.2 Å². The zero-order valence-corrected chi connectivity index (χ0v) is 33.8. The minimum atomic E-state index is -13.5. The molecule has 2 unspecified atom stereocenters. The van der Waals surface area contributed by atoms with Crippen molar-refractivity contribution in [3.05, 3.63) is 0 Å². The summed E-state index contributed by atoms with van der Waals surface area (Å²) in [5, 5.41) is 0. The predicted molar refractivity (Wildman–Crippen MR) is 132 cm³/mol. The molecule has 0 aliphatic rings. The molecule has 0 heterocycles. The van der Waals surface area contributed by atoms with Gasteiger partial charge in [0.1, 0.15) is 0 Å². The summed E-state index contributed by atoms with van der Waals surface area (Å²) >= 11 is 0. The normalized spacial score (nSPS) is 18.7. The van der Waals surface area contributed by atoms with Crippen molar-refractivity contribution in [3.63, 3.8) is 0 Å². The summed E-state index contributed by atoms with van der Waals surface area (Å²) < 4.78 is 766. The molecule has 2 atom stereocenters. The highest BCUT2D eigenvalue weighted by Crippen LogP contribution is 2.77. The van der Waals surface area contributed by atoms with E-state index < -0.39 is 160 Å². The van der Waals surface area contributed by atoms with E-state index in [0.717, 1.165) is 0 Å². The Balaban J connectivity index is 11.8. The maximum atomic E-state index is 15.9. The van der Waals surface area contributed by atoms with Gasteiger partial charge in [-0.05, 0) is 0 Å². The second-order valence-electron chi connectivity index (χ2n) is 14.8. The van der Waals surface area contributed by atoms with E-state index in [-0.39, 0.29) is 0 Å². The summed E-state index contributed by atoms with van der Waals surface area (Å²) in [4.78, 5) is 0. The molecule has 0 aromatic heterocycles. The quantitative estimate of drug-likeness (QED) is 0.110. The fourth-order valence-corrected chi connectivity index (χ4v) is 5.37. The monoisotopic (exact) mass is 1350 g/mol. The molecule has 0 spiro atoms. The van der Waals surface area contributed by atoms with E-state index in [2.05, 4.69) is 0 Å². The van der Waals surface area contributed by atoms with Gasteiger partial charge in [0, 0.05) is 0 Å². The van der Waals surface area contributed by atoms with Gasteiger partial charge in [-0.15, -0.1) is 0 Å². The van der Waals surface area contributed by atoms with Crippen LogP contribution in [0.2, 0.25) is 0 Å². The van der Waals surface area contributed by atoms with Crippen molar-refractivity contribution in [2.75, 3.05) is 0 Å². The lowest BCUT2D eigenvalue weighted by Gasteiger charge is -2.59. The SMILES string of the molecule is FC(F)(F)C(F)(F)C(F)(F)C(F)(F)C(F)(F)C(F)(F)C(F)(F)C(OC(C(F)(F)C(F)(F)F)(C(F)(F)C(F)(F)C(F)(F)F)C(F)(F)C(F)(F)C(F)(F)C(F)(F)C(F)(F)C(F)(F)C(F)(F)F)(C(F)(F)C(F)(F)F)C(F)(F)C(F)(F)C(F)(F)F. The highest BCUT2D eigenvalue weighted by Gasteiger charge is 3.10. The Morgan fingerprint density at radius 1 is 0.0988 bits per heavy atom. The second kappa shape index (κ2) is 18.4. The third-order valence-corrected chi connectivity index (χ3v) is 9.83. The van der Waals surface area contributed by atoms with Crippen molar-refractivity contribution in [2.45, 2.75) is 155 Å². The van der Waals surface area contributed by atoms with Crippen LogP contribution in [0.15, 0.2) is 0 Å². The standard InChI is InChI=1S/C26F54O/c27-3(28,9(39,40)11(43,44)13(47,48)15(51,52)19(59,60)25(75,76)77)1(7(35,36)21(63,64)65,5(31,32)17(55,56)23(69,70)71)81-2(8(37,38)22(66,67)68,6(33,34)18(57,58)24(72,73)74)4(29,30)10(41,42)12(45,46)14(49,50)16(53,54)20(61,62)26(78,79)80. The summed E-state index contributed by atoms with van der Waals surface area (Å²) in [6.07, 6.45) is -61.4. The van der Waals surface area contributed by atoms with Crippen molar-refractivity contribution in [1.82, 2.24) is 0 Å². The van der Waals surface area contributed by atoms with Crippen LogP contribution in [0.1, 0.15) is 0 Å². The Hall–Kier alpha value is -3.82. The number of halogens is 54. The zero-order chi connectivity index (χ0) is 67.7.